The van der Waals surface area contributed by atoms with Crippen LogP contribution in [0.2, 0.25) is 0 Å². The molecule has 0 bridgehead atoms. The van der Waals surface area contributed by atoms with Crippen LogP contribution in [0.4, 0.5) is 4.39 Å². The number of thiophene rings is 1. The van der Waals surface area contributed by atoms with Crippen molar-refractivity contribution in [3.8, 4) is 17.2 Å². The SMILES string of the molecule is COCCN(CC(=O)N1CCc2sccc2[C@@H]1COc1ccc(F)cc1)C(=O)c1ccc2c(c1)OCO2. The molecule has 0 unspecified atom stereocenters. The smallest absolute Gasteiger partial charge is 0.254 e. The zero-order valence-corrected chi connectivity index (χ0v) is 21.2. The van der Waals surface area contributed by atoms with Gasteiger partial charge in [-0.05, 0) is 65.9 Å². The lowest BCUT2D eigenvalue weighted by atomic mass is 10.0. The Morgan fingerprint density at radius 1 is 1.14 bits per heavy atom. The Hall–Kier alpha value is -3.63. The van der Waals surface area contributed by atoms with Crippen molar-refractivity contribution in [2.75, 3.05) is 46.8 Å². The molecule has 3 aromatic rings. The summed E-state index contributed by atoms with van der Waals surface area (Å²) in [6, 6.07) is 12.5. The van der Waals surface area contributed by atoms with E-state index in [-0.39, 0.29) is 56.8 Å². The second-order valence-corrected chi connectivity index (χ2v) is 9.71. The van der Waals surface area contributed by atoms with Crippen LogP contribution in [0, 0.1) is 5.82 Å². The van der Waals surface area contributed by atoms with Gasteiger partial charge in [-0.2, -0.15) is 0 Å². The molecular formula is C27H27FN2O6S. The summed E-state index contributed by atoms with van der Waals surface area (Å²) in [6.07, 6.45) is 0.736. The van der Waals surface area contributed by atoms with Crippen molar-refractivity contribution in [2.45, 2.75) is 12.5 Å². The molecule has 0 saturated carbocycles. The second-order valence-electron chi connectivity index (χ2n) is 8.70. The minimum Gasteiger partial charge on any atom is -0.491 e. The first-order valence-corrected chi connectivity index (χ1v) is 12.8. The van der Waals surface area contributed by atoms with Gasteiger partial charge in [0.2, 0.25) is 12.7 Å². The Morgan fingerprint density at radius 2 is 1.95 bits per heavy atom. The molecule has 1 aromatic heterocycles. The number of carbonyl (C=O) groups is 2. The summed E-state index contributed by atoms with van der Waals surface area (Å²) in [7, 11) is 1.55. The molecule has 0 saturated heterocycles. The number of methoxy groups -OCH3 is 1. The van der Waals surface area contributed by atoms with Gasteiger partial charge in [-0.3, -0.25) is 9.59 Å². The Labute approximate surface area is 218 Å². The summed E-state index contributed by atoms with van der Waals surface area (Å²) < 4.78 is 35.2. The average Bonchev–Trinajstić information content (AvgIpc) is 3.59. The molecule has 3 heterocycles. The first-order chi connectivity index (χ1) is 18.0. The van der Waals surface area contributed by atoms with E-state index in [4.69, 9.17) is 18.9 Å². The maximum absolute atomic E-state index is 13.6. The molecule has 2 aliphatic heterocycles. The molecule has 10 heteroatoms. The van der Waals surface area contributed by atoms with E-state index in [1.165, 1.54) is 21.9 Å². The van der Waals surface area contributed by atoms with Gasteiger partial charge in [0.15, 0.2) is 11.5 Å². The first kappa shape index (κ1) is 25.0. The third-order valence-corrected chi connectivity index (χ3v) is 7.43. The third-order valence-electron chi connectivity index (χ3n) is 6.43. The van der Waals surface area contributed by atoms with Crippen LogP contribution in [0.15, 0.2) is 53.9 Å². The molecular weight excluding hydrogens is 499 g/mol. The zero-order chi connectivity index (χ0) is 25.8. The number of halogens is 1. The van der Waals surface area contributed by atoms with Crippen molar-refractivity contribution in [1.82, 2.24) is 9.80 Å². The quantitative estimate of drug-likeness (QED) is 0.421. The van der Waals surface area contributed by atoms with Crippen LogP contribution in [0.5, 0.6) is 17.2 Å². The first-order valence-electron chi connectivity index (χ1n) is 12.0. The van der Waals surface area contributed by atoms with Gasteiger partial charge >= 0.3 is 0 Å². The van der Waals surface area contributed by atoms with Crippen molar-refractivity contribution in [1.29, 1.82) is 0 Å². The number of rotatable bonds is 9. The molecule has 0 radical (unpaired) electrons. The number of amides is 2. The monoisotopic (exact) mass is 526 g/mol. The predicted octanol–water partition coefficient (Wildman–Crippen LogP) is 3.91. The maximum Gasteiger partial charge on any atom is 0.254 e. The van der Waals surface area contributed by atoms with Crippen LogP contribution in [-0.4, -0.2) is 68.4 Å². The van der Waals surface area contributed by atoms with E-state index in [1.807, 2.05) is 11.4 Å². The van der Waals surface area contributed by atoms with E-state index in [0.29, 0.717) is 29.4 Å². The van der Waals surface area contributed by atoms with E-state index in [9.17, 15) is 14.0 Å². The molecule has 37 heavy (non-hydrogen) atoms. The highest BCUT2D eigenvalue weighted by molar-refractivity contribution is 7.10. The molecule has 0 spiro atoms. The summed E-state index contributed by atoms with van der Waals surface area (Å²) in [5.74, 6) is 0.787. The Morgan fingerprint density at radius 3 is 2.76 bits per heavy atom. The number of ether oxygens (including phenoxy) is 4. The third kappa shape index (κ3) is 5.55. The Kier molecular flexibility index (Phi) is 7.57. The predicted molar refractivity (Wildman–Crippen MR) is 135 cm³/mol. The summed E-state index contributed by atoms with van der Waals surface area (Å²) in [4.78, 5) is 31.5. The lowest BCUT2D eigenvalue weighted by Crippen LogP contribution is -2.48. The number of carbonyl (C=O) groups excluding carboxylic acids is 2. The summed E-state index contributed by atoms with van der Waals surface area (Å²) in [5.41, 5.74) is 1.44. The average molecular weight is 527 g/mol. The van der Waals surface area contributed by atoms with Crippen molar-refractivity contribution >= 4 is 23.2 Å². The maximum atomic E-state index is 13.6. The molecule has 8 nitrogen and oxygen atoms in total. The van der Waals surface area contributed by atoms with Crippen LogP contribution in [0.3, 0.4) is 0 Å². The number of benzene rings is 2. The summed E-state index contributed by atoms with van der Waals surface area (Å²) in [6.45, 7) is 1.28. The fourth-order valence-electron chi connectivity index (χ4n) is 4.50. The Bertz CT molecular complexity index is 1260. The molecule has 2 aliphatic rings. The normalized spacial score (nSPS) is 15.8. The van der Waals surface area contributed by atoms with E-state index < -0.39 is 0 Å². The number of hydrogen-bond acceptors (Lipinski definition) is 7. The van der Waals surface area contributed by atoms with E-state index in [2.05, 4.69) is 0 Å². The van der Waals surface area contributed by atoms with Gasteiger partial charge in [-0.1, -0.05) is 0 Å². The zero-order valence-electron chi connectivity index (χ0n) is 20.4. The van der Waals surface area contributed by atoms with Crippen molar-refractivity contribution < 1.29 is 32.9 Å². The highest BCUT2D eigenvalue weighted by Crippen LogP contribution is 2.35. The molecule has 2 amide bonds. The van der Waals surface area contributed by atoms with E-state index >= 15 is 0 Å². The van der Waals surface area contributed by atoms with Crippen LogP contribution in [-0.2, 0) is 16.0 Å². The van der Waals surface area contributed by atoms with Crippen molar-refractivity contribution in [3.63, 3.8) is 0 Å². The van der Waals surface area contributed by atoms with Crippen LogP contribution in [0.25, 0.3) is 0 Å². The van der Waals surface area contributed by atoms with Crippen LogP contribution < -0.4 is 14.2 Å². The molecule has 0 aliphatic carbocycles. The van der Waals surface area contributed by atoms with Gasteiger partial charge in [0, 0.05) is 30.6 Å². The van der Waals surface area contributed by atoms with Gasteiger partial charge in [0.25, 0.3) is 5.91 Å². The summed E-state index contributed by atoms with van der Waals surface area (Å²) >= 11 is 1.66. The fourth-order valence-corrected chi connectivity index (χ4v) is 5.43. The second kappa shape index (κ2) is 11.2. The number of nitrogens with zero attached hydrogens (tertiary/aromatic N) is 2. The van der Waals surface area contributed by atoms with Crippen molar-refractivity contribution in [3.05, 3.63) is 75.7 Å². The van der Waals surface area contributed by atoms with E-state index in [1.54, 1.807) is 53.7 Å². The minimum atomic E-state index is -0.342. The highest BCUT2D eigenvalue weighted by atomic mass is 32.1. The Balaban J connectivity index is 1.33. The van der Waals surface area contributed by atoms with E-state index in [0.717, 1.165) is 12.0 Å². The van der Waals surface area contributed by atoms with Gasteiger partial charge < -0.3 is 28.7 Å². The van der Waals surface area contributed by atoms with Crippen LogP contribution in [0.1, 0.15) is 26.8 Å². The summed E-state index contributed by atoms with van der Waals surface area (Å²) in [5, 5.41) is 2.01. The van der Waals surface area contributed by atoms with Gasteiger partial charge in [-0.15, -0.1) is 11.3 Å². The fraction of sp³-hybridized carbons (Fsp3) is 0.333. The van der Waals surface area contributed by atoms with Gasteiger partial charge in [0.05, 0.1) is 12.6 Å². The molecule has 1 atom stereocenters. The highest BCUT2D eigenvalue weighted by Gasteiger charge is 2.34. The standard InChI is InChI=1S/C27H27FN2O6S/c1-33-12-11-29(27(32)18-2-7-23-24(14-18)36-17-35-23)15-26(31)30-10-8-25-21(9-13-37-25)22(30)16-34-20-5-3-19(28)4-6-20/h2-7,9,13-14,22H,8,10-12,15-17H2,1H3/t22-/m0/s1. The van der Waals surface area contributed by atoms with Crippen molar-refractivity contribution in [2.24, 2.45) is 0 Å². The van der Waals surface area contributed by atoms with Gasteiger partial charge in [0.1, 0.15) is 24.7 Å². The van der Waals surface area contributed by atoms with Crippen LogP contribution >= 0.6 is 11.3 Å². The molecule has 2 aromatic carbocycles. The minimum absolute atomic E-state index is 0.108. The molecule has 5 rings (SSSR count). The molecule has 194 valence electrons. The molecule has 0 fully saturated rings. The topological polar surface area (TPSA) is 77.5 Å². The number of hydrogen-bond donors (Lipinski definition) is 0. The molecule has 0 N–H and O–H groups in total. The lowest BCUT2D eigenvalue weighted by Gasteiger charge is -2.37. The van der Waals surface area contributed by atoms with Gasteiger partial charge in [-0.25, -0.2) is 4.39 Å². The lowest BCUT2D eigenvalue weighted by molar-refractivity contribution is -0.135. The number of fused-ring (bicyclic) bond motifs is 2. The largest absolute Gasteiger partial charge is 0.491 e.